The molecule has 4 atom stereocenters. The van der Waals surface area contributed by atoms with Crippen molar-refractivity contribution >= 4 is 32.9 Å². The Balaban J connectivity index is 1.43. The minimum atomic E-state index is -0.0771. The fourth-order valence-corrected chi connectivity index (χ4v) is 7.05. The lowest BCUT2D eigenvalue weighted by Gasteiger charge is -2.39. The molecule has 10 nitrogen and oxygen atoms in total. The van der Waals surface area contributed by atoms with Gasteiger partial charge in [0.05, 0.1) is 40.1 Å². The Morgan fingerprint density at radius 3 is 2.09 bits per heavy atom. The lowest BCUT2D eigenvalue weighted by Crippen LogP contribution is -2.48. The second-order valence-electron chi connectivity index (χ2n) is 8.76. The van der Waals surface area contributed by atoms with E-state index >= 15 is 0 Å². The molecule has 4 rings (SSSR count). The average molecular weight is 479 g/mol. The van der Waals surface area contributed by atoms with E-state index in [1.54, 1.807) is 10.0 Å². The highest BCUT2D eigenvalue weighted by Gasteiger charge is 2.35. The van der Waals surface area contributed by atoms with Gasteiger partial charge in [0.1, 0.15) is 0 Å². The molecular weight excluding hydrogens is 448 g/mol. The van der Waals surface area contributed by atoms with Crippen molar-refractivity contribution in [1.29, 1.82) is 0 Å². The zero-order valence-electron chi connectivity index (χ0n) is 18.4. The highest BCUT2D eigenvalue weighted by atomic mass is 32.1. The summed E-state index contributed by atoms with van der Waals surface area (Å²) in [6.45, 7) is 4.61. The Morgan fingerprint density at radius 1 is 1.00 bits per heavy atom. The van der Waals surface area contributed by atoms with E-state index in [4.69, 9.17) is 11.5 Å². The molecule has 4 unspecified atom stereocenters. The van der Waals surface area contributed by atoms with Gasteiger partial charge in [-0.2, -0.15) is 0 Å². The smallest absolute Gasteiger partial charge is 0.180 e. The molecule has 2 aliphatic rings. The van der Waals surface area contributed by atoms with E-state index in [1.807, 2.05) is 0 Å². The number of nitroso groups, excluding NO2 is 2. The molecular formula is C20H30N8O2S2. The molecule has 0 saturated carbocycles. The summed E-state index contributed by atoms with van der Waals surface area (Å²) in [4.78, 5) is 34.8. The summed E-state index contributed by atoms with van der Waals surface area (Å²) in [6.07, 6.45) is 5.46. The fraction of sp³-hybridized carbons (Fsp3) is 0.700. The third-order valence-electron chi connectivity index (χ3n) is 6.75. The standard InChI is InChI=1S/C20H30N8O2S2/c1-3-16(28(26-30)13-5-7-15-18(9-13)32-20(22)24-15)11(2)10-27(25-29)12-4-6-14-17(8-12)31-19(21)23-14/h11-13,16H,3-10H2,1-2H3,(H2,21,23)(H2,22,24). The van der Waals surface area contributed by atoms with Gasteiger partial charge in [-0.25, -0.2) is 9.97 Å². The predicted molar refractivity (Wildman–Crippen MR) is 128 cm³/mol. The van der Waals surface area contributed by atoms with Crippen LogP contribution in [0.2, 0.25) is 0 Å². The van der Waals surface area contributed by atoms with Gasteiger partial charge >= 0.3 is 0 Å². The van der Waals surface area contributed by atoms with Crippen molar-refractivity contribution in [3.8, 4) is 0 Å². The van der Waals surface area contributed by atoms with E-state index in [0.717, 1.165) is 66.1 Å². The molecule has 0 radical (unpaired) electrons. The number of thiazole rings is 2. The number of hydrogen-bond acceptors (Lipinski definition) is 10. The Hall–Kier alpha value is -2.34. The quantitative estimate of drug-likeness (QED) is 0.411. The number of nitrogens with zero attached hydrogens (tertiary/aromatic N) is 6. The maximum absolute atomic E-state index is 11.9. The zero-order valence-corrected chi connectivity index (χ0v) is 20.1. The Labute approximate surface area is 195 Å². The maximum Gasteiger partial charge on any atom is 0.180 e. The molecule has 12 heteroatoms. The van der Waals surface area contributed by atoms with Gasteiger partial charge in [0, 0.05) is 29.1 Å². The summed E-state index contributed by atoms with van der Waals surface area (Å²) in [6, 6.07) is -0.0380. The summed E-state index contributed by atoms with van der Waals surface area (Å²) in [5.74, 6) is 0.0382. The van der Waals surface area contributed by atoms with Crippen LogP contribution in [0.25, 0.3) is 0 Å². The number of nitrogen functional groups attached to an aromatic ring is 2. The minimum absolute atomic E-state index is 0.0160. The molecule has 0 fully saturated rings. The van der Waals surface area contributed by atoms with Gasteiger partial charge in [0.25, 0.3) is 0 Å². The molecule has 0 spiro atoms. The highest BCUT2D eigenvalue weighted by molar-refractivity contribution is 7.15. The first-order chi connectivity index (χ1) is 15.4. The van der Waals surface area contributed by atoms with Crippen molar-refractivity contribution in [3.63, 3.8) is 0 Å². The summed E-state index contributed by atoms with van der Waals surface area (Å²) in [5, 5.41) is 11.3. The van der Waals surface area contributed by atoms with Crippen LogP contribution in [-0.4, -0.2) is 44.7 Å². The van der Waals surface area contributed by atoms with Crippen molar-refractivity contribution in [2.75, 3.05) is 18.0 Å². The van der Waals surface area contributed by atoms with E-state index in [9.17, 15) is 9.81 Å². The third kappa shape index (κ3) is 4.56. The maximum atomic E-state index is 11.9. The molecule has 0 aromatic carbocycles. The zero-order chi connectivity index (χ0) is 22.8. The van der Waals surface area contributed by atoms with Crippen molar-refractivity contribution in [3.05, 3.63) is 31.0 Å². The fourth-order valence-electron chi connectivity index (χ4n) is 5.15. The van der Waals surface area contributed by atoms with Crippen LogP contribution in [-0.2, 0) is 25.7 Å². The van der Waals surface area contributed by atoms with Crippen LogP contribution < -0.4 is 11.5 Å². The van der Waals surface area contributed by atoms with Crippen molar-refractivity contribution in [2.45, 2.75) is 76.9 Å². The van der Waals surface area contributed by atoms with Gasteiger partial charge in [0.15, 0.2) is 10.3 Å². The molecule has 0 aliphatic heterocycles. The Kier molecular flexibility index (Phi) is 6.89. The summed E-state index contributed by atoms with van der Waals surface area (Å²) >= 11 is 2.99. The van der Waals surface area contributed by atoms with E-state index in [-0.39, 0.29) is 24.0 Å². The summed E-state index contributed by atoms with van der Waals surface area (Å²) in [5.41, 5.74) is 13.8. The van der Waals surface area contributed by atoms with Gasteiger partial charge in [-0.3, -0.25) is 10.0 Å². The number of fused-ring (bicyclic) bond motifs is 2. The summed E-state index contributed by atoms with van der Waals surface area (Å²) < 4.78 is 0. The number of aromatic nitrogens is 2. The number of aryl methyl sites for hydroxylation is 2. The normalized spacial score (nSPS) is 21.8. The number of anilines is 2. The van der Waals surface area contributed by atoms with Crippen LogP contribution in [0.4, 0.5) is 10.3 Å². The molecule has 0 bridgehead atoms. The van der Waals surface area contributed by atoms with Crippen LogP contribution in [0, 0.1) is 15.7 Å². The summed E-state index contributed by atoms with van der Waals surface area (Å²) in [7, 11) is 0. The molecule has 32 heavy (non-hydrogen) atoms. The van der Waals surface area contributed by atoms with Crippen LogP contribution in [0.1, 0.15) is 54.3 Å². The third-order valence-corrected chi connectivity index (χ3v) is 8.64. The first-order valence-corrected chi connectivity index (χ1v) is 12.8. The number of hydrogen-bond donors (Lipinski definition) is 2. The Morgan fingerprint density at radius 2 is 1.56 bits per heavy atom. The van der Waals surface area contributed by atoms with Crippen LogP contribution in [0.3, 0.4) is 0 Å². The minimum Gasteiger partial charge on any atom is -0.375 e. The van der Waals surface area contributed by atoms with Crippen molar-refractivity contribution in [2.24, 2.45) is 16.5 Å². The molecule has 174 valence electrons. The molecule has 2 aliphatic carbocycles. The van der Waals surface area contributed by atoms with Gasteiger partial charge in [-0.05, 0) is 38.0 Å². The van der Waals surface area contributed by atoms with Gasteiger partial charge in [0.2, 0.25) is 0 Å². The molecule has 2 aromatic heterocycles. The molecule has 2 heterocycles. The van der Waals surface area contributed by atoms with E-state index in [1.165, 1.54) is 22.7 Å². The SMILES string of the molecule is CCC(C(C)CN(N=O)C1CCc2nc(N)sc2C1)N(N=O)C1CCc2nc(N)sc2C1. The second kappa shape index (κ2) is 9.65. The van der Waals surface area contributed by atoms with E-state index in [0.29, 0.717) is 16.8 Å². The van der Waals surface area contributed by atoms with Crippen molar-refractivity contribution < 1.29 is 0 Å². The molecule has 4 N–H and O–H groups in total. The molecule has 0 saturated heterocycles. The van der Waals surface area contributed by atoms with Gasteiger partial charge in [-0.1, -0.05) is 13.8 Å². The first kappa shape index (κ1) is 22.8. The number of nitrogens with two attached hydrogens (primary N) is 2. The first-order valence-electron chi connectivity index (χ1n) is 11.1. The van der Waals surface area contributed by atoms with Crippen LogP contribution >= 0.6 is 22.7 Å². The van der Waals surface area contributed by atoms with Gasteiger partial charge < -0.3 is 11.5 Å². The topological polar surface area (TPSA) is 143 Å². The lowest BCUT2D eigenvalue weighted by molar-refractivity contribution is 0.0580. The van der Waals surface area contributed by atoms with Crippen LogP contribution in [0.5, 0.6) is 0 Å². The average Bonchev–Trinajstić information content (AvgIpc) is 3.34. The van der Waals surface area contributed by atoms with Crippen molar-refractivity contribution in [1.82, 2.24) is 20.0 Å². The Bertz CT molecular complexity index is 964. The number of rotatable bonds is 9. The van der Waals surface area contributed by atoms with Crippen LogP contribution in [0.15, 0.2) is 10.6 Å². The molecule has 0 amide bonds. The predicted octanol–water partition coefficient (Wildman–Crippen LogP) is 3.56. The molecule has 2 aromatic rings. The van der Waals surface area contributed by atoms with E-state index in [2.05, 4.69) is 34.4 Å². The monoisotopic (exact) mass is 478 g/mol. The highest BCUT2D eigenvalue weighted by Crippen LogP contribution is 2.34. The van der Waals surface area contributed by atoms with Gasteiger partial charge in [-0.15, -0.1) is 32.5 Å². The largest absolute Gasteiger partial charge is 0.375 e. The van der Waals surface area contributed by atoms with E-state index < -0.39 is 0 Å². The lowest BCUT2D eigenvalue weighted by atomic mass is 9.91. The second-order valence-corrected chi connectivity index (χ2v) is 11.0.